The van der Waals surface area contributed by atoms with Crippen LogP contribution in [0.25, 0.3) is 0 Å². The second-order valence-electron chi connectivity index (χ2n) is 4.74. The Bertz CT molecular complexity index is 371. The smallest absolute Gasteiger partial charge is 0.387 e. The highest BCUT2D eigenvalue weighted by atomic mass is 19.3. The lowest BCUT2D eigenvalue weighted by Crippen LogP contribution is -2.27. The van der Waals surface area contributed by atoms with E-state index in [1.807, 2.05) is 19.1 Å². The van der Waals surface area contributed by atoms with Crippen molar-refractivity contribution in [3.63, 3.8) is 0 Å². The summed E-state index contributed by atoms with van der Waals surface area (Å²) < 4.78 is 33.7. The van der Waals surface area contributed by atoms with Crippen LogP contribution in [0.5, 0.6) is 5.75 Å². The van der Waals surface area contributed by atoms with Gasteiger partial charge in [-0.3, -0.25) is 0 Å². The summed E-state index contributed by atoms with van der Waals surface area (Å²) in [6, 6.07) is 6.99. The molecule has 1 aromatic rings. The molecule has 0 fully saturated rings. The largest absolute Gasteiger partial charge is 0.435 e. The van der Waals surface area contributed by atoms with Crippen LogP contribution in [0.3, 0.4) is 0 Å². The van der Waals surface area contributed by atoms with Crippen LogP contribution in [0.1, 0.15) is 31.9 Å². The highest BCUT2D eigenvalue weighted by Gasteiger charge is 2.18. The Morgan fingerprint density at radius 1 is 1.20 bits per heavy atom. The molecule has 1 N–H and O–H groups in total. The van der Waals surface area contributed by atoms with Crippen molar-refractivity contribution in [3.8, 4) is 5.75 Å². The third-order valence-corrected chi connectivity index (χ3v) is 3.23. The quantitative estimate of drug-likeness (QED) is 0.752. The van der Waals surface area contributed by atoms with Crippen LogP contribution < -0.4 is 10.1 Å². The molecule has 20 heavy (non-hydrogen) atoms. The van der Waals surface area contributed by atoms with Gasteiger partial charge in [-0.25, -0.2) is 0 Å². The van der Waals surface area contributed by atoms with Crippen molar-refractivity contribution in [1.29, 1.82) is 0 Å². The van der Waals surface area contributed by atoms with Crippen molar-refractivity contribution in [2.45, 2.75) is 32.9 Å². The van der Waals surface area contributed by atoms with Crippen LogP contribution in [-0.4, -0.2) is 26.9 Å². The predicted molar refractivity (Wildman–Crippen MR) is 75.1 cm³/mol. The van der Waals surface area contributed by atoms with Gasteiger partial charge in [-0.1, -0.05) is 26.0 Å². The van der Waals surface area contributed by atoms with Gasteiger partial charge in [0.1, 0.15) is 5.75 Å². The summed E-state index contributed by atoms with van der Waals surface area (Å²) in [7, 11) is 1.69. The lowest BCUT2D eigenvalue weighted by Gasteiger charge is -2.25. The molecule has 114 valence electrons. The minimum atomic E-state index is -2.79. The van der Waals surface area contributed by atoms with Gasteiger partial charge >= 0.3 is 6.61 Å². The molecular formula is C15H23F2NO2. The van der Waals surface area contributed by atoms with Crippen molar-refractivity contribution < 1.29 is 18.3 Å². The normalized spacial score (nSPS) is 14.3. The van der Waals surface area contributed by atoms with Crippen LogP contribution in [0.15, 0.2) is 24.3 Å². The van der Waals surface area contributed by atoms with Crippen LogP contribution in [-0.2, 0) is 4.74 Å². The maximum atomic E-state index is 12.1. The Labute approximate surface area is 119 Å². The van der Waals surface area contributed by atoms with E-state index >= 15 is 0 Å². The fourth-order valence-corrected chi connectivity index (χ4v) is 2.19. The number of halogens is 2. The summed E-state index contributed by atoms with van der Waals surface area (Å²) in [5.41, 5.74) is 1.07. The molecule has 0 aliphatic rings. The van der Waals surface area contributed by atoms with E-state index in [4.69, 9.17) is 4.74 Å². The number of hydrogen-bond donors (Lipinski definition) is 1. The van der Waals surface area contributed by atoms with E-state index in [-0.39, 0.29) is 11.8 Å². The molecular weight excluding hydrogens is 264 g/mol. The molecule has 1 rings (SSSR count). The highest BCUT2D eigenvalue weighted by molar-refractivity contribution is 5.29. The lowest BCUT2D eigenvalue weighted by molar-refractivity contribution is -0.0498. The van der Waals surface area contributed by atoms with Gasteiger partial charge < -0.3 is 14.8 Å². The number of rotatable bonds is 9. The van der Waals surface area contributed by atoms with Crippen LogP contribution in [0.4, 0.5) is 8.78 Å². The monoisotopic (exact) mass is 287 g/mol. The summed E-state index contributed by atoms with van der Waals surface area (Å²) in [6.07, 6.45) is 0.934. The molecule has 2 unspecified atom stereocenters. The zero-order valence-electron chi connectivity index (χ0n) is 12.2. The first-order valence-electron chi connectivity index (χ1n) is 6.85. The summed E-state index contributed by atoms with van der Waals surface area (Å²) in [6.45, 7) is 2.96. The first kappa shape index (κ1) is 16.9. The predicted octanol–water partition coefficient (Wildman–Crippen LogP) is 3.61. The van der Waals surface area contributed by atoms with Crippen LogP contribution >= 0.6 is 0 Å². The van der Waals surface area contributed by atoms with Crippen LogP contribution in [0, 0.1) is 5.92 Å². The number of nitrogens with one attached hydrogen (secondary N) is 1. The molecule has 0 radical (unpaired) electrons. The summed E-state index contributed by atoms with van der Waals surface area (Å²) in [5.74, 6) is 0.570. The highest BCUT2D eigenvalue weighted by Crippen LogP contribution is 2.26. The van der Waals surface area contributed by atoms with E-state index in [1.54, 1.807) is 19.2 Å². The second-order valence-corrected chi connectivity index (χ2v) is 4.74. The summed E-state index contributed by atoms with van der Waals surface area (Å²) >= 11 is 0. The molecule has 0 aliphatic heterocycles. The average molecular weight is 287 g/mol. The Morgan fingerprint density at radius 2 is 1.85 bits per heavy atom. The summed E-state index contributed by atoms with van der Waals surface area (Å²) in [4.78, 5) is 0. The van der Waals surface area contributed by atoms with Gasteiger partial charge in [0.25, 0.3) is 0 Å². The maximum Gasteiger partial charge on any atom is 0.387 e. The topological polar surface area (TPSA) is 30.5 Å². The van der Waals surface area contributed by atoms with E-state index in [2.05, 4.69) is 17.0 Å². The fourth-order valence-electron chi connectivity index (χ4n) is 2.19. The second kappa shape index (κ2) is 8.87. The number of ether oxygens (including phenoxy) is 2. The standard InChI is InChI=1S/C15H23F2NO2/c1-4-18-14(11(2)9-10-19-3)12-5-7-13(8-6-12)20-15(16)17/h5-8,11,14-15,18H,4,9-10H2,1-3H3. The molecule has 0 saturated heterocycles. The molecule has 0 saturated carbocycles. The van der Waals surface area contributed by atoms with E-state index in [9.17, 15) is 8.78 Å². The molecule has 5 heteroatoms. The van der Waals surface area contributed by atoms with E-state index in [0.29, 0.717) is 12.5 Å². The minimum absolute atomic E-state index is 0.177. The molecule has 2 atom stereocenters. The molecule has 0 bridgehead atoms. The molecule has 3 nitrogen and oxygen atoms in total. The molecule has 0 heterocycles. The Morgan fingerprint density at radius 3 is 2.35 bits per heavy atom. The van der Waals surface area contributed by atoms with Crippen LogP contribution in [0.2, 0.25) is 0 Å². The molecule has 0 aliphatic carbocycles. The van der Waals surface area contributed by atoms with Crippen molar-refractivity contribution in [2.24, 2.45) is 5.92 Å². The minimum Gasteiger partial charge on any atom is -0.435 e. The maximum absolute atomic E-state index is 12.1. The van der Waals surface area contributed by atoms with E-state index in [0.717, 1.165) is 18.5 Å². The fraction of sp³-hybridized carbons (Fsp3) is 0.600. The first-order chi connectivity index (χ1) is 9.58. The third-order valence-electron chi connectivity index (χ3n) is 3.23. The zero-order valence-corrected chi connectivity index (χ0v) is 12.2. The molecule has 0 spiro atoms. The van der Waals surface area contributed by atoms with Gasteiger partial charge in [0.05, 0.1) is 0 Å². The Balaban J connectivity index is 2.75. The number of benzene rings is 1. The van der Waals surface area contributed by atoms with Crippen molar-refractivity contribution in [1.82, 2.24) is 5.32 Å². The number of hydrogen-bond acceptors (Lipinski definition) is 3. The first-order valence-corrected chi connectivity index (χ1v) is 6.85. The SMILES string of the molecule is CCNC(c1ccc(OC(F)F)cc1)C(C)CCOC. The van der Waals surface area contributed by atoms with Gasteiger partial charge in [-0.2, -0.15) is 8.78 Å². The van der Waals surface area contributed by atoms with Gasteiger partial charge in [-0.15, -0.1) is 0 Å². The van der Waals surface area contributed by atoms with Crippen molar-refractivity contribution in [2.75, 3.05) is 20.3 Å². The van der Waals surface area contributed by atoms with Crippen molar-refractivity contribution >= 4 is 0 Å². The average Bonchev–Trinajstić information content (AvgIpc) is 2.42. The summed E-state index contributed by atoms with van der Waals surface area (Å²) in [5, 5.41) is 3.42. The molecule has 0 amide bonds. The van der Waals surface area contributed by atoms with Gasteiger partial charge in [0.2, 0.25) is 0 Å². The van der Waals surface area contributed by atoms with Gasteiger partial charge in [-0.05, 0) is 36.6 Å². The lowest BCUT2D eigenvalue weighted by atomic mass is 9.92. The van der Waals surface area contributed by atoms with Gasteiger partial charge in [0.15, 0.2) is 0 Å². The molecule has 1 aromatic carbocycles. The Kier molecular flexibility index (Phi) is 7.47. The van der Waals surface area contributed by atoms with E-state index < -0.39 is 6.61 Å². The van der Waals surface area contributed by atoms with Gasteiger partial charge in [0, 0.05) is 19.8 Å². The zero-order chi connectivity index (χ0) is 15.0. The number of methoxy groups -OCH3 is 1. The Hall–Kier alpha value is -1.20. The van der Waals surface area contributed by atoms with E-state index in [1.165, 1.54) is 0 Å². The number of alkyl halides is 2. The third kappa shape index (κ3) is 5.43. The van der Waals surface area contributed by atoms with Crippen molar-refractivity contribution in [3.05, 3.63) is 29.8 Å². The molecule has 0 aromatic heterocycles.